The van der Waals surface area contributed by atoms with Gasteiger partial charge in [0.2, 0.25) is 5.91 Å². The molecule has 0 aromatic heterocycles. The second kappa shape index (κ2) is 7.91. The maximum Gasteiger partial charge on any atom is 0.221 e. The molecule has 1 aliphatic heterocycles. The average Bonchev–Trinajstić information content (AvgIpc) is 2.59. The number of aliphatic imine (C=N–C) groups is 1. The second-order valence-electron chi connectivity index (χ2n) is 5.23. The summed E-state index contributed by atoms with van der Waals surface area (Å²) in [6, 6.07) is 12.8. The van der Waals surface area contributed by atoms with E-state index in [4.69, 9.17) is 23.2 Å². The Morgan fingerprint density at radius 3 is 2.56 bits per heavy atom. The first-order chi connectivity index (χ1) is 12.0. The number of nitrogens with zero attached hydrogens (tertiary/aromatic N) is 2. The second-order valence-corrected chi connectivity index (χ2v) is 7.01. The third-order valence-electron chi connectivity index (χ3n) is 3.30. The normalized spacial score (nSPS) is 15.5. The third-order valence-corrected chi connectivity index (χ3v) is 4.92. The van der Waals surface area contributed by atoms with Crippen LogP contribution in [-0.4, -0.2) is 22.5 Å². The van der Waals surface area contributed by atoms with Crippen LogP contribution in [0.4, 0.5) is 11.4 Å². The van der Waals surface area contributed by atoms with Gasteiger partial charge in [-0.1, -0.05) is 47.1 Å². The molecular weight excluding hydrogens is 379 g/mol. The van der Waals surface area contributed by atoms with Crippen LogP contribution in [0, 0.1) is 0 Å². The zero-order valence-corrected chi connectivity index (χ0v) is 15.5. The summed E-state index contributed by atoms with van der Waals surface area (Å²) in [5.41, 5.74) is 6.32. The summed E-state index contributed by atoms with van der Waals surface area (Å²) in [5.74, 6) is 0.593. The van der Waals surface area contributed by atoms with Crippen LogP contribution >= 0.6 is 35.0 Å². The van der Waals surface area contributed by atoms with Crippen molar-refractivity contribution in [3.8, 4) is 0 Å². The van der Waals surface area contributed by atoms with Crippen LogP contribution in [0.5, 0.6) is 0 Å². The molecule has 2 aromatic carbocycles. The van der Waals surface area contributed by atoms with Crippen molar-refractivity contribution >= 4 is 63.1 Å². The van der Waals surface area contributed by atoms with Gasteiger partial charge in [0.05, 0.1) is 21.4 Å². The van der Waals surface area contributed by atoms with E-state index < -0.39 is 0 Å². The van der Waals surface area contributed by atoms with Gasteiger partial charge in [-0.3, -0.25) is 10.2 Å². The standard InChI is InChI=1S/C17H14Cl2N4OS/c1-10(24)20-12-4-2-11(3-5-12)16-9-25-17(23-22-16)21-13-6-7-14(18)15(19)8-13/h2-8H,9H2,1H3,(H,20,24)(H,21,23). The van der Waals surface area contributed by atoms with E-state index in [1.165, 1.54) is 6.92 Å². The van der Waals surface area contributed by atoms with Gasteiger partial charge in [0, 0.05) is 18.4 Å². The van der Waals surface area contributed by atoms with E-state index in [1.54, 1.807) is 30.0 Å². The SMILES string of the molecule is CC(=O)Nc1ccc(C2=NNC(=Nc3ccc(Cl)c(Cl)c3)SC2)cc1. The van der Waals surface area contributed by atoms with Crippen molar-refractivity contribution < 1.29 is 4.79 Å². The van der Waals surface area contributed by atoms with Gasteiger partial charge in [0.15, 0.2) is 5.17 Å². The Balaban J connectivity index is 1.70. The highest BCUT2D eigenvalue weighted by molar-refractivity contribution is 8.14. The molecule has 2 aromatic rings. The molecule has 0 saturated heterocycles. The minimum absolute atomic E-state index is 0.0943. The van der Waals surface area contributed by atoms with E-state index in [0.717, 1.165) is 17.0 Å². The number of amidine groups is 1. The molecule has 0 atom stereocenters. The van der Waals surface area contributed by atoms with Crippen molar-refractivity contribution in [2.75, 3.05) is 11.1 Å². The number of hydrogen-bond donors (Lipinski definition) is 2. The molecular formula is C17H14Cl2N4OS. The van der Waals surface area contributed by atoms with Gasteiger partial charge >= 0.3 is 0 Å². The number of rotatable bonds is 3. The summed E-state index contributed by atoms with van der Waals surface area (Å²) < 4.78 is 0. The molecule has 8 heteroatoms. The van der Waals surface area contributed by atoms with Crippen molar-refractivity contribution in [3.63, 3.8) is 0 Å². The van der Waals surface area contributed by atoms with Gasteiger partial charge in [0.1, 0.15) is 0 Å². The minimum atomic E-state index is -0.0943. The molecule has 0 unspecified atom stereocenters. The molecule has 0 aliphatic carbocycles. The lowest BCUT2D eigenvalue weighted by Gasteiger charge is -2.15. The molecule has 0 radical (unpaired) electrons. The number of carbonyl (C=O) groups excluding carboxylic acids is 1. The Bertz CT molecular complexity index is 865. The van der Waals surface area contributed by atoms with E-state index in [9.17, 15) is 4.79 Å². The topological polar surface area (TPSA) is 65.8 Å². The molecule has 1 heterocycles. The fourth-order valence-electron chi connectivity index (χ4n) is 2.14. The fraction of sp³-hybridized carbons (Fsp3) is 0.118. The molecule has 128 valence electrons. The molecule has 0 saturated carbocycles. The summed E-state index contributed by atoms with van der Waals surface area (Å²) in [6.45, 7) is 1.48. The molecule has 0 bridgehead atoms. The van der Waals surface area contributed by atoms with Crippen molar-refractivity contribution in [2.24, 2.45) is 10.1 Å². The summed E-state index contributed by atoms with van der Waals surface area (Å²) in [4.78, 5) is 15.5. The van der Waals surface area contributed by atoms with Crippen molar-refractivity contribution in [1.29, 1.82) is 0 Å². The van der Waals surface area contributed by atoms with Crippen LogP contribution in [0.25, 0.3) is 0 Å². The molecule has 1 amide bonds. The number of halogens is 2. The first-order valence-electron chi connectivity index (χ1n) is 7.38. The maximum absolute atomic E-state index is 11.0. The Morgan fingerprint density at radius 2 is 1.96 bits per heavy atom. The maximum atomic E-state index is 11.0. The number of hydrazone groups is 1. The molecule has 0 spiro atoms. The van der Waals surface area contributed by atoms with Crippen LogP contribution < -0.4 is 10.7 Å². The van der Waals surface area contributed by atoms with E-state index in [1.807, 2.05) is 24.3 Å². The predicted molar refractivity (Wildman–Crippen MR) is 106 cm³/mol. The quantitative estimate of drug-likeness (QED) is 0.796. The van der Waals surface area contributed by atoms with Crippen molar-refractivity contribution in [1.82, 2.24) is 5.43 Å². The Hall–Kier alpha value is -2.02. The van der Waals surface area contributed by atoms with E-state index >= 15 is 0 Å². The Morgan fingerprint density at radius 1 is 1.20 bits per heavy atom. The Kier molecular flexibility index (Phi) is 5.63. The lowest BCUT2D eigenvalue weighted by atomic mass is 10.1. The predicted octanol–water partition coefficient (Wildman–Crippen LogP) is 4.68. The molecule has 3 rings (SSSR count). The lowest BCUT2D eigenvalue weighted by molar-refractivity contribution is -0.114. The van der Waals surface area contributed by atoms with Crippen LogP contribution in [0.1, 0.15) is 12.5 Å². The van der Waals surface area contributed by atoms with Gasteiger partial charge in [-0.05, 0) is 35.9 Å². The number of hydrogen-bond acceptors (Lipinski definition) is 4. The summed E-state index contributed by atoms with van der Waals surface area (Å²) >= 11 is 13.4. The van der Waals surface area contributed by atoms with Crippen LogP contribution in [0.2, 0.25) is 10.0 Å². The fourth-order valence-corrected chi connectivity index (χ4v) is 3.22. The largest absolute Gasteiger partial charge is 0.326 e. The Labute approximate surface area is 159 Å². The zero-order valence-electron chi connectivity index (χ0n) is 13.2. The van der Waals surface area contributed by atoms with E-state index in [-0.39, 0.29) is 5.91 Å². The zero-order chi connectivity index (χ0) is 17.8. The number of carbonyl (C=O) groups is 1. The van der Waals surface area contributed by atoms with Crippen molar-refractivity contribution in [3.05, 3.63) is 58.1 Å². The highest BCUT2D eigenvalue weighted by atomic mass is 35.5. The number of anilines is 1. The van der Waals surface area contributed by atoms with Crippen LogP contribution in [0.3, 0.4) is 0 Å². The molecule has 25 heavy (non-hydrogen) atoms. The minimum Gasteiger partial charge on any atom is -0.326 e. The monoisotopic (exact) mass is 392 g/mol. The summed E-state index contributed by atoms with van der Waals surface area (Å²) in [6.07, 6.45) is 0. The van der Waals surface area contributed by atoms with Gasteiger partial charge in [0.25, 0.3) is 0 Å². The smallest absolute Gasteiger partial charge is 0.221 e. The lowest BCUT2D eigenvalue weighted by Crippen LogP contribution is -2.25. The highest BCUT2D eigenvalue weighted by Crippen LogP contribution is 2.27. The summed E-state index contributed by atoms with van der Waals surface area (Å²) in [7, 11) is 0. The van der Waals surface area contributed by atoms with Gasteiger partial charge in [-0.2, -0.15) is 5.10 Å². The molecule has 1 aliphatic rings. The first kappa shape index (κ1) is 17.8. The number of benzene rings is 2. The number of amides is 1. The van der Waals surface area contributed by atoms with Gasteiger partial charge in [-0.25, -0.2) is 4.99 Å². The summed E-state index contributed by atoms with van der Waals surface area (Å²) in [5, 5.41) is 8.77. The number of nitrogens with one attached hydrogen (secondary N) is 2. The number of thioether (sulfide) groups is 1. The van der Waals surface area contributed by atoms with Crippen LogP contribution in [0.15, 0.2) is 52.6 Å². The molecule has 2 N–H and O–H groups in total. The average molecular weight is 393 g/mol. The highest BCUT2D eigenvalue weighted by Gasteiger charge is 2.13. The van der Waals surface area contributed by atoms with Crippen LogP contribution in [-0.2, 0) is 4.79 Å². The molecule has 0 fully saturated rings. The first-order valence-corrected chi connectivity index (χ1v) is 9.12. The third kappa shape index (κ3) is 4.75. The van der Waals surface area contributed by atoms with E-state index in [2.05, 4.69) is 20.8 Å². The van der Waals surface area contributed by atoms with Crippen molar-refractivity contribution in [2.45, 2.75) is 6.92 Å². The van der Waals surface area contributed by atoms with Gasteiger partial charge < -0.3 is 5.32 Å². The molecule has 5 nitrogen and oxygen atoms in total. The van der Waals surface area contributed by atoms with E-state index in [0.29, 0.717) is 26.7 Å². The van der Waals surface area contributed by atoms with Gasteiger partial charge in [-0.15, -0.1) is 0 Å².